The summed E-state index contributed by atoms with van der Waals surface area (Å²) in [6.07, 6.45) is 4.43. The van der Waals surface area contributed by atoms with E-state index >= 15 is 0 Å². The number of amides is 1. The predicted octanol–water partition coefficient (Wildman–Crippen LogP) is 3.76. The summed E-state index contributed by atoms with van der Waals surface area (Å²) < 4.78 is 27.2. The fourth-order valence-corrected chi connectivity index (χ4v) is 2.27. The van der Waals surface area contributed by atoms with Crippen molar-refractivity contribution in [1.29, 1.82) is 0 Å². The average molecular weight is 334 g/mol. The second kappa shape index (κ2) is 8.33. The molecule has 0 aliphatic rings. The van der Waals surface area contributed by atoms with Gasteiger partial charge in [-0.25, -0.2) is 18.7 Å². The van der Waals surface area contributed by atoms with Gasteiger partial charge in [0.1, 0.15) is 17.3 Å². The molecule has 128 valence electrons. The van der Waals surface area contributed by atoms with Crippen LogP contribution in [0.1, 0.15) is 37.0 Å². The first kappa shape index (κ1) is 17.8. The molecule has 0 aliphatic carbocycles. The monoisotopic (exact) mass is 334 g/mol. The molecule has 0 radical (unpaired) electrons. The highest BCUT2D eigenvalue weighted by Crippen LogP contribution is 2.21. The Balaban J connectivity index is 2.14. The summed E-state index contributed by atoms with van der Waals surface area (Å²) in [5, 5.41) is 2.49. The number of rotatable bonds is 7. The van der Waals surface area contributed by atoms with E-state index in [9.17, 15) is 13.6 Å². The maximum absolute atomic E-state index is 13.6. The van der Waals surface area contributed by atoms with E-state index in [0.29, 0.717) is 18.7 Å². The third kappa shape index (κ3) is 4.24. The molecule has 1 N–H and O–H groups in total. The maximum Gasteiger partial charge on any atom is 0.256 e. The molecule has 7 heteroatoms. The molecule has 0 saturated carbocycles. The van der Waals surface area contributed by atoms with Gasteiger partial charge < -0.3 is 10.2 Å². The van der Waals surface area contributed by atoms with Crippen molar-refractivity contribution in [1.82, 2.24) is 14.9 Å². The fourth-order valence-electron chi connectivity index (χ4n) is 2.27. The van der Waals surface area contributed by atoms with Crippen LogP contribution < -0.4 is 5.32 Å². The van der Waals surface area contributed by atoms with Crippen molar-refractivity contribution < 1.29 is 13.6 Å². The van der Waals surface area contributed by atoms with E-state index in [2.05, 4.69) is 15.3 Å². The molecule has 2 aromatic rings. The van der Waals surface area contributed by atoms with Crippen LogP contribution in [-0.2, 0) is 0 Å². The normalized spacial score (nSPS) is 10.5. The summed E-state index contributed by atoms with van der Waals surface area (Å²) in [5.74, 6) is -1.61. The summed E-state index contributed by atoms with van der Waals surface area (Å²) in [4.78, 5) is 22.1. The van der Waals surface area contributed by atoms with Crippen molar-refractivity contribution in [3.8, 4) is 0 Å². The lowest BCUT2D eigenvalue weighted by Gasteiger charge is -2.21. The molecule has 0 atom stereocenters. The minimum absolute atomic E-state index is 0.0214. The van der Waals surface area contributed by atoms with Crippen molar-refractivity contribution in [3.05, 3.63) is 47.8 Å². The summed E-state index contributed by atoms with van der Waals surface area (Å²) in [6.45, 7) is 5.32. The first-order chi connectivity index (χ1) is 11.6. The van der Waals surface area contributed by atoms with Gasteiger partial charge in [0, 0.05) is 25.5 Å². The Morgan fingerprint density at radius 2 is 1.62 bits per heavy atom. The molecule has 0 saturated heterocycles. The van der Waals surface area contributed by atoms with Crippen molar-refractivity contribution >= 4 is 17.5 Å². The number of benzene rings is 1. The number of hydrogen-bond acceptors (Lipinski definition) is 4. The lowest BCUT2D eigenvalue weighted by atomic mass is 10.2. The number of anilines is 2. The number of nitrogens with one attached hydrogen (secondary N) is 1. The van der Waals surface area contributed by atoms with Crippen molar-refractivity contribution in [2.24, 2.45) is 0 Å². The summed E-state index contributed by atoms with van der Waals surface area (Å²) in [7, 11) is 0. The fraction of sp³-hybridized carbons (Fsp3) is 0.353. The Bertz CT molecular complexity index is 665. The van der Waals surface area contributed by atoms with Crippen LogP contribution in [0.25, 0.3) is 0 Å². The van der Waals surface area contributed by atoms with E-state index in [1.165, 1.54) is 18.5 Å². The molecule has 0 aliphatic heterocycles. The lowest BCUT2D eigenvalue weighted by Crippen LogP contribution is -2.32. The molecule has 0 spiro atoms. The van der Waals surface area contributed by atoms with E-state index in [4.69, 9.17) is 0 Å². The number of carbonyl (C=O) groups is 1. The number of hydrogen-bond donors (Lipinski definition) is 1. The second-order valence-electron chi connectivity index (χ2n) is 5.31. The van der Waals surface area contributed by atoms with Crippen LogP contribution in [0, 0.1) is 11.6 Å². The Morgan fingerprint density at radius 3 is 2.12 bits per heavy atom. The molecule has 0 bridgehead atoms. The summed E-state index contributed by atoms with van der Waals surface area (Å²) in [5.41, 5.74) is 0.0200. The molecule has 1 aromatic heterocycles. The van der Waals surface area contributed by atoms with Crippen LogP contribution in [0.15, 0.2) is 30.6 Å². The Kier molecular flexibility index (Phi) is 6.17. The van der Waals surface area contributed by atoms with E-state index in [1.807, 2.05) is 13.8 Å². The zero-order chi connectivity index (χ0) is 17.5. The molecule has 1 heterocycles. The molecular formula is C17H20F2N4O. The van der Waals surface area contributed by atoms with E-state index in [-0.39, 0.29) is 17.5 Å². The van der Waals surface area contributed by atoms with Gasteiger partial charge >= 0.3 is 0 Å². The van der Waals surface area contributed by atoms with Crippen LogP contribution in [0.2, 0.25) is 0 Å². The zero-order valence-corrected chi connectivity index (χ0v) is 13.7. The second-order valence-corrected chi connectivity index (χ2v) is 5.31. The minimum Gasteiger partial charge on any atom is -0.339 e. The first-order valence-corrected chi connectivity index (χ1v) is 7.89. The first-order valence-electron chi connectivity index (χ1n) is 7.89. The highest BCUT2D eigenvalue weighted by atomic mass is 19.1. The van der Waals surface area contributed by atoms with Gasteiger partial charge in [0.25, 0.3) is 5.91 Å². The molecule has 2 rings (SSSR count). The van der Waals surface area contributed by atoms with Gasteiger partial charge in [0.15, 0.2) is 0 Å². The highest BCUT2D eigenvalue weighted by molar-refractivity contribution is 5.93. The summed E-state index contributed by atoms with van der Waals surface area (Å²) >= 11 is 0. The average Bonchev–Trinajstić information content (AvgIpc) is 2.58. The van der Waals surface area contributed by atoms with E-state index in [1.54, 1.807) is 4.90 Å². The van der Waals surface area contributed by atoms with Crippen molar-refractivity contribution in [3.63, 3.8) is 0 Å². The number of halogens is 2. The summed E-state index contributed by atoms with van der Waals surface area (Å²) in [6, 6.07) is 3.54. The van der Waals surface area contributed by atoms with E-state index < -0.39 is 11.6 Å². The van der Waals surface area contributed by atoms with Gasteiger partial charge in [-0.05, 0) is 25.0 Å². The molecular weight excluding hydrogens is 314 g/mol. The minimum atomic E-state index is -0.740. The van der Waals surface area contributed by atoms with Gasteiger partial charge in [-0.3, -0.25) is 4.79 Å². The van der Waals surface area contributed by atoms with Gasteiger partial charge in [-0.2, -0.15) is 0 Å². The number of para-hydroxylation sites is 1. The standard InChI is InChI=1S/C17H20F2N4O/c1-3-8-23(9-4-2)16(24)12-10-20-17(21-11-12)22-15-13(18)6-5-7-14(15)19/h5-7,10-11H,3-4,8-9H2,1-2H3,(H,20,21,22). The van der Waals surface area contributed by atoms with Crippen LogP contribution >= 0.6 is 0 Å². The van der Waals surface area contributed by atoms with Crippen LogP contribution in [0.5, 0.6) is 0 Å². The van der Waals surface area contributed by atoms with Gasteiger partial charge in [0.2, 0.25) is 5.95 Å². The van der Waals surface area contributed by atoms with E-state index in [0.717, 1.165) is 25.0 Å². The van der Waals surface area contributed by atoms with Crippen molar-refractivity contribution in [2.45, 2.75) is 26.7 Å². The SMILES string of the molecule is CCCN(CCC)C(=O)c1cnc(Nc2c(F)cccc2F)nc1. The molecule has 0 unspecified atom stereocenters. The molecule has 24 heavy (non-hydrogen) atoms. The Morgan fingerprint density at radius 1 is 1.08 bits per heavy atom. The Labute approximate surface area is 139 Å². The van der Waals surface area contributed by atoms with Gasteiger partial charge in [-0.1, -0.05) is 19.9 Å². The number of aromatic nitrogens is 2. The van der Waals surface area contributed by atoms with Gasteiger partial charge in [0.05, 0.1) is 5.56 Å². The maximum atomic E-state index is 13.6. The highest BCUT2D eigenvalue weighted by Gasteiger charge is 2.16. The lowest BCUT2D eigenvalue weighted by molar-refractivity contribution is 0.0754. The van der Waals surface area contributed by atoms with Crippen LogP contribution in [0.4, 0.5) is 20.4 Å². The molecule has 1 amide bonds. The largest absolute Gasteiger partial charge is 0.339 e. The number of carbonyl (C=O) groups excluding carboxylic acids is 1. The zero-order valence-electron chi connectivity index (χ0n) is 13.7. The predicted molar refractivity (Wildman–Crippen MR) is 88.2 cm³/mol. The molecule has 5 nitrogen and oxygen atoms in total. The van der Waals surface area contributed by atoms with Crippen LogP contribution in [0.3, 0.4) is 0 Å². The third-order valence-electron chi connectivity index (χ3n) is 3.37. The quantitative estimate of drug-likeness (QED) is 0.837. The smallest absolute Gasteiger partial charge is 0.256 e. The third-order valence-corrected chi connectivity index (χ3v) is 3.37. The van der Waals surface area contributed by atoms with Crippen LogP contribution in [-0.4, -0.2) is 33.9 Å². The van der Waals surface area contributed by atoms with Crippen molar-refractivity contribution in [2.75, 3.05) is 18.4 Å². The molecule has 0 fully saturated rings. The topological polar surface area (TPSA) is 58.1 Å². The number of nitrogens with zero attached hydrogens (tertiary/aromatic N) is 3. The molecule has 1 aromatic carbocycles. The van der Waals surface area contributed by atoms with Gasteiger partial charge in [-0.15, -0.1) is 0 Å². The Hall–Kier alpha value is -2.57.